The molecule has 1 aromatic heterocycles. The third-order valence-corrected chi connectivity index (χ3v) is 5.54. The van der Waals surface area contributed by atoms with Gasteiger partial charge in [-0.25, -0.2) is 4.79 Å². The molecule has 156 valence electrons. The van der Waals surface area contributed by atoms with Crippen LogP contribution in [0.5, 0.6) is 0 Å². The number of benzene rings is 1. The van der Waals surface area contributed by atoms with E-state index in [2.05, 4.69) is 10.6 Å². The Morgan fingerprint density at radius 2 is 1.83 bits per heavy atom. The minimum Gasteiger partial charge on any atom is -0.462 e. The maximum atomic E-state index is 12.5. The molecular formula is C21H27N3O4S. The smallest absolute Gasteiger partial charge is 0.341 e. The molecule has 8 heteroatoms. The third kappa shape index (κ3) is 5.65. The van der Waals surface area contributed by atoms with Crippen LogP contribution in [0.3, 0.4) is 0 Å². The maximum Gasteiger partial charge on any atom is 0.341 e. The van der Waals surface area contributed by atoms with Crippen LogP contribution in [0, 0.1) is 6.92 Å². The number of esters is 1. The number of nitrogens with one attached hydrogen (secondary N) is 2. The molecule has 2 N–H and O–H groups in total. The van der Waals surface area contributed by atoms with Crippen LogP contribution in [0.15, 0.2) is 30.3 Å². The van der Waals surface area contributed by atoms with Gasteiger partial charge < -0.3 is 20.3 Å². The minimum absolute atomic E-state index is 0.0116. The second-order valence-electron chi connectivity index (χ2n) is 6.74. The number of carbonyl (C=O) groups excluding carboxylic acids is 3. The van der Waals surface area contributed by atoms with Crippen LogP contribution in [0.4, 0.5) is 5.00 Å². The molecule has 2 amide bonds. The summed E-state index contributed by atoms with van der Waals surface area (Å²) in [5.74, 6) is -1.09. The standard InChI is InChI=1S/C21H27N3O4S/c1-6-28-21(27)17-13(2)18(20(26)24(4)5)29-19(17)23-16(25)12-22-14(3)15-10-8-7-9-11-15/h7-11,14,22H,6,12H2,1-5H3,(H,23,25)/t14-/m0/s1. The van der Waals surface area contributed by atoms with E-state index in [9.17, 15) is 14.4 Å². The number of anilines is 1. The van der Waals surface area contributed by atoms with E-state index in [1.54, 1.807) is 27.9 Å². The van der Waals surface area contributed by atoms with Gasteiger partial charge in [0.05, 0.1) is 23.6 Å². The Morgan fingerprint density at radius 1 is 1.17 bits per heavy atom. The van der Waals surface area contributed by atoms with Gasteiger partial charge in [-0.15, -0.1) is 11.3 Å². The Labute approximate surface area is 175 Å². The lowest BCUT2D eigenvalue weighted by atomic mass is 10.1. The van der Waals surface area contributed by atoms with Crippen LogP contribution in [0.1, 0.15) is 51.0 Å². The molecule has 0 aliphatic carbocycles. The van der Waals surface area contributed by atoms with Gasteiger partial charge >= 0.3 is 5.97 Å². The first-order valence-corrected chi connectivity index (χ1v) is 10.2. The van der Waals surface area contributed by atoms with E-state index < -0.39 is 5.97 Å². The fourth-order valence-corrected chi connectivity index (χ4v) is 3.97. The summed E-state index contributed by atoms with van der Waals surface area (Å²) >= 11 is 1.08. The quantitative estimate of drug-likeness (QED) is 0.644. The van der Waals surface area contributed by atoms with Crippen molar-refractivity contribution >= 4 is 34.1 Å². The topological polar surface area (TPSA) is 87.7 Å². The second kappa shape index (κ2) is 10.2. The van der Waals surface area contributed by atoms with Crippen molar-refractivity contribution in [3.05, 3.63) is 51.9 Å². The van der Waals surface area contributed by atoms with Crippen molar-refractivity contribution in [2.24, 2.45) is 0 Å². The first-order valence-electron chi connectivity index (χ1n) is 9.36. The van der Waals surface area contributed by atoms with E-state index in [4.69, 9.17) is 4.74 Å². The van der Waals surface area contributed by atoms with Crippen LogP contribution < -0.4 is 10.6 Å². The Kier molecular flexibility index (Phi) is 7.92. The summed E-state index contributed by atoms with van der Waals surface area (Å²) in [7, 11) is 3.28. The second-order valence-corrected chi connectivity index (χ2v) is 7.76. The highest BCUT2D eigenvalue weighted by Crippen LogP contribution is 2.34. The van der Waals surface area contributed by atoms with Gasteiger partial charge in [0.15, 0.2) is 0 Å². The minimum atomic E-state index is -0.556. The van der Waals surface area contributed by atoms with Gasteiger partial charge in [0.1, 0.15) is 5.00 Å². The summed E-state index contributed by atoms with van der Waals surface area (Å²) in [6.07, 6.45) is 0. The highest BCUT2D eigenvalue weighted by atomic mass is 32.1. The molecule has 0 spiro atoms. The van der Waals surface area contributed by atoms with Crippen molar-refractivity contribution in [3.63, 3.8) is 0 Å². The summed E-state index contributed by atoms with van der Waals surface area (Å²) in [6.45, 7) is 5.63. The average Bonchev–Trinajstić information content (AvgIpc) is 3.01. The largest absolute Gasteiger partial charge is 0.462 e. The normalized spacial score (nSPS) is 11.6. The zero-order chi connectivity index (χ0) is 21.6. The molecule has 1 heterocycles. The Hall–Kier alpha value is -2.71. The van der Waals surface area contributed by atoms with Gasteiger partial charge in [-0.3, -0.25) is 9.59 Å². The predicted octanol–water partition coefficient (Wildman–Crippen LogP) is 3.22. The molecule has 1 atom stereocenters. The van der Waals surface area contributed by atoms with Crippen LogP contribution >= 0.6 is 11.3 Å². The van der Waals surface area contributed by atoms with Gasteiger partial charge in [-0.05, 0) is 31.9 Å². The Morgan fingerprint density at radius 3 is 2.41 bits per heavy atom. The molecular weight excluding hydrogens is 390 g/mol. The van der Waals surface area contributed by atoms with Crippen molar-refractivity contribution in [1.82, 2.24) is 10.2 Å². The van der Waals surface area contributed by atoms with Crippen molar-refractivity contribution < 1.29 is 19.1 Å². The summed E-state index contributed by atoms with van der Waals surface area (Å²) in [5.41, 5.74) is 1.80. The van der Waals surface area contributed by atoms with Gasteiger partial charge in [0.2, 0.25) is 5.91 Å². The number of nitrogens with zero attached hydrogens (tertiary/aromatic N) is 1. The fourth-order valence-electron chi connectivity index (χ4n) is 2.73. The van der Waals surface area contributed by atoms with E-state index in [1.165, 1.54) is 4.90 Å². The van der Waals surface area contributed by atoms with Gasteiger partial charge in [-0.2, -0.15) is 0 Å². The van der Waals surface area contributed by atoms with E-state index in [0.29, 0.717) is 15.4 Å². The number of thiophene rings is 1. The molecule has 0 unspecified atom stereocenters. The lowest BCUT2D eigenvalue weighted by Gasteiger charge is -2.14. The molecule has 0 aliphatic rings. The highest BCUT2D eigenvalue weighted by Gasteiger charge is 2.27. The van der Waals surface area contributed by atoms with Gasteiger partial charge in [0, 0.05) is 20.1 Å². The molecule has 29 heavy (non-hydrogen) atoms. The molecule has 0 saturated heterocycles. The van der Waals surface area contributed by atoms with Crippen molar-refractivity contribution in [2.45, 2.75) is 26.8 Å². The Bertz CT molecular complexity index is 878. The summed E-state index contributed by atoms with van der Waals surface area (Å²) in [4.78, 5) is 39.2. The van der Waals surface area contributed by atoms with Crippen LogP contribution in [-0.2, 0) is 9.53 Å². The van der Waals surface area contributed by atoms with Gasteiger partial charge in [-0.1, -0.05) is 30.3 Å². The average molecular weight is 418 g/mol. The Balaban J connectivity index is 2.17. The molecule has 0 fully saturated rings. The van der Waals surface area contributed by atoms with E-state index in [1.807, 2.05) is 37.3 Å². The lowest BCUT2D eigenvalue weighted by molar-refractivity contribution is -0.115. The zero-order valence-electron chi connectivity index (χ0n) is 17.4. The third-order valence-electron chi connectivity index (χ3n) is 4.35. The van der Waals surface area contributed by atoms with Crippen molar-refractivity contribution in [3.8, 4) is 0 Å². The maximum absolute atomic E-state index is 12.5. The van der Waals surface area contributed by atoms with Crippen molar-refractivity contribution in [2.75, 3.05) is 32.6 Å². The number of hydrogen-bond acceptors (Lipinski definition) is 6. The van der Waals surface area contributed by atoms with Crippen LogP contribution in [0.25, 0.3) is 0 Å². The number of hydrogen-bond donors (Lipinski definition) is 2. The number of carbonyl (C=O) groups is 3. The predicted molar refractivity (Wildman–Crippen MR) is 115 cm³/mol. The van der Waals surface area contributed by atoms with E-state index >= 15 is 0 Å². The zero-order valence-corrected chi connectivity index (χ0v) is 18.2. The molecule has 1 aromatic carbocycles. The molecule has 2 rings (SSSR count). The number of rotatable bonds is 8. The summed E-state index contributed by atoms with van der Waals surface area (Å²) in [6, 6.07) is 9.77. The molecule has 0 radical (unpaired) electrons. The first-order chi connectivity index (χ1) is 13.8. The SMILES string of the molecule is CCOC(=O)c1c(NC(=O)CN[C@@H](C)c2ccccc2)sc(C(=O)N(C)C)c1C. The van der Waals surface area contributed by atoms with Crippen molar-refractivity contribution in [1.29, 1.82) is 0 Å². The van der Waals surface area contributed by atoms with Crippen LogP contribution in [-0.4, -0.2) is 49.9 Å². The monoisotopic (exact) mass is 417 g/mol. The summed E-state index contributed by atoms with van der Waals surface area (Å²) in [5, 5.41) is 6.24. The highest BCUT2D eigenvalue weighted by molar-refractivity contribution is 7.18. The van der Waals surface area contributed by atoms with E-state index in [0.717, 1.165) is 16.9 Å². The van der Waals surface area contributed by atoms with Gasteiger partial charge in [0.25, 0.3) is 5.91 Å². The molecule has 7 nitrogen and oxygen atoms in total. The molecule has 0 saturated carbocycles. The molecule has 0 aliphatic heterocycles. The lowest BCUT2D eigenvalue weighted by Crippen LogP contribution is -2.30. The van der Waals surface area contributed by atoms with E-state index in [-0.39, 0.29) is 36.6 Å². The first kappa shape index (κ1) is 22.6. The summed E-state index contributed by atoms with van der Waals surface area (Å²) < 4.78 is 5.12. The number of amides is 2. The fraction of sp³-hybridized carbons (Fsp3) is 0.381. The number of ether oxygens (including phenoxy) is 1. The molecule has 0 bridgehead atoms. The van der Waals surface area contributed by atoms with Crippen LogP contribution in [0.2, 0.25) is 0 Å². The molecule has 2 aromatic rings.